The van der Waals surface area contributed by atoms with Crippen molar-refractivity contribution in [1.82, 2.24) is 4.90 Å². The first-order valence-corrected chi connectivity index (χ1v) is 7.29. The van der Waals surface area contributed by atoms with Crippen LogP contribution in [0.25, 0.3) is 10.8 Å². The van der Waals surface area contributed by atoms with E-state index in [1.165, 1.54) is 16.3 Å². The topological polar surface area (TPSA) is 41.9 Å². The van der Waals surface area contributed by atoms with Crippen molar-refractivity contribution in [2.45, 2.75) is 12.6 Å². The van der Waals surface area contributed by atoms with Crippen LogP contribution in [0.4, 0.5) is 0 Å². The molecule has 4 nitrogen and oxygen atoms in total. The maximum Gasteiger partial charge on any atom is 0.119 e. The van der Waals surface area contributed by atoms with Crippen molar-refractivity contribution in [3.8, 4) is 5.75 Å². The zero-order valence-electron chi connectivity index (χ0n) is 12.3. The number of rotatable bonds is 4. The quantitative estimate of drug-likeness (QED) is 0.934. The van der Waals surface area contributed by atoms with Gasteiger partial charge in [0.2, 0.25) is 0 Å². The van der Waals surface area contributed by atoms with E-state index in [4.69, 9.17) is 9.47 Å². The summed E-state index contributed by atoms with van der Waals surface area (Å²) in [6, 6.07) is 12.7. The third-order valence-electron chi connectivity index (χ3n) is 4.06. The van der Waals surface area contributed by atoms with Crippen LogP contribution < -0.4 is 4.74 Å². The highest BCUT2D eigenvalue weighted by Gasteiger charge is 2.22. The normalized spacial score (nSPS) is 19.8. The number of ether oxygens (including phenoxy) is 2. The van der Waals surface area contributed by atoms with Crippen LogP contribution in [0.2, 0.25) is 0 Å². The number of aliphatic hydroxyl groups excluding tert-OH is 1. The van der Waals surface area contributed by atoms with E-state index < -0.39 is 0 Å². The molecule has 1 aliphatic heterocycles. The molecule has 2 aromatic rings. The molecule has 0 bridgehead atoms. The van der Waals surface area contributed by atoms with Crippen LogP contribution in [0, 0.1) is 0 Å². The smallest absolute Gasteiger partial charge is 0.119 e. The van der Waals surface area contributed by atoms with E-state index >= 15 is 0 Å². The van der Waals surface area contributed by atoms with E-state index in [9.17, 15) is 5.11 Å². The number of morpholine rings is 1. The minimum atomic E-state index is 0.102. The number of hydrogen-bond acceptors (Lipinski definition) is 4. The fourth-order valence-corrected chi connectivity index (χ4v) is 2.80. The van der Waals surface area contributed by atoms with Crippen LogP contribution in [0.15, 0.2) is 36.4 Å². The van der Waals surface area contributed by atoms with E-state index in [1.807, 2.05) is 12.1 Å². The summed E-state index contributed by atoms with van der Waals surface area (Å²) < 4.78 is 10.7. The fourth-order valence-electron chi connectivity index (χ4n) is 2.80. The van der Waals surface area contributed by atoms with Gasteiger partial charge in [-0.3, -0.25) is 4.90 Å². The maximum atomic E-state index is 9.43. The average molecular weight is 287 g/mol. The van der Waals surface area contributed by atoms with Gasteiger partial charge in [-0.25, -0.2) is 0 Å². The van der Waals surface area contributed by atoms with Gasteiger partial charge in [-0.15, -0.1) is 0 Å². The van der Waals surface area contributed by atoms with Gasteiger partial charge in [0.25, 0.3) is 0 Å². The van der Waals surface area contributed by atoms with Gasteiger partial charge in [0.15, 0.2) is 0 Å². The Morgan fingerprint density at radius 1 is 1.24 bits per heavy atom. The summed E-state index contributed by atoms with van der Waals surface area (Å²) in [5.41, 5.74) is 1.26. The largest absolute Gasteiger partial charge is 0.497 e. The summed E-state index contributed by atoms with van der Waals surface area (Å²) in [6.07, 6.45) is 0. The molecule has 1 unspecified atom stereocenters. The Kier molecular flexibility index (Phi) is 4.39. The van der Waals surface area contributed by atoms with Gasteiger partial charge in [-0.1, -0.05) is 18.2 Å². The number of nitrogens with zero attached hydrogens (tertiary/aromatic N) is 1. The molecule has 0 radical (unpaired) electrons. The molecule has 1 atom stereocenters. The Morgan fingerprint density at radius 3 is 2.86 bits per heavy atom. The SMILES string of the molecule is COc1ccc2cc(CN3CCOCC3CO)ccc2c1. The van der Waals surface area contributed by atoms with E-state index in [0.29, 0.717) is 6.61 Å². The molecule has 0 aliphatic carbocycles. The van der Waals surface area contributed by atoms with Gasteiger partial charge in [0, 0.05) is 13.1 Å². The molecule has 1 heterocycles. The molecular weight excluding hydrogens is 266 g/mol. The molecular formula is C17H21NO3. The van der Waals surface area contributed by atoms with Gasteiger partial charge in [-0.2, -0.15) is 0 Å². The van der Waals surface area contributed by atoms with Crippen LogP contribution >= 0.6 is 0 Å². The number of benzene rings is 2. The van der Waals surface area contributed by atoms with E-state index in [-0.39, 0.29) is 12.6 Å². The summed E-state index contributed by atoms with van der Waals surface area (Å²) in [6.45, 7) is 3.20. The van der Waals surface area contributed by atoms with Gasteiger partial charge >= 0.3 is 0 Å². The second-order valence-electron chi connectivity index (χ2n) is 5.43. The summed E-state index contributed by atoms with van der Waals surface area (Å²) in [5, 5.41) is 11.8. The molecule has 1 aliphatic rings. The summed E-state index contributed by atoms with van der Waals surface area (Å²) in [4.78, 5) is 2.29. The monoisotopic (exact) mass is 287 g/mol. The molecule has 21 heavy (non-hydrogen) atoms. The minimum Gasteiger partial charge on any atom is -0.497 e. The van der Waals surface area contributed by atoms with Gasteiger partial charge in [0.05, 0.1) is 33.0 Å². The molecule has 1 fully saturated rings. The predicted molar refractivity (Wildman–Crippen MR) is 82.6 cm³/mol. The highest BCUT2D eigenvalue weighted by Crippen LogP contribution is 2.23. The molecule has 112 valence electrons. The van der Waals surface area contributed by atoms with Crippen LogP contribution in [-0.4, -0.2) is 49.5 Å². The number of aliphatic hydroxyl groups is 1. The second kappa shape index (κ2) is 6.43. The van der Waals surface area contributed by atoms with Crippen molar-refractivity contribution in [2.24, 2.45) is 0 Å². The molecule has 2 aromatic carbocycles. The first-order chi connectivity index (χ1) is 10.3. The van der Waals surface area contributed by atoms with Crippen LogP contribution in [0.5, 0.6) is 5.75 Å². The second-order valence-corrected chi connectivity index (χ2v) is 5.43. The summed E-state index contributed by atoms with van der Waals surface area (Å²) in [7, 11) is 1.68. The lowest BCUT2D eigenvalue weighted by Crippen LogP contribution is -2.46. The predicted octanol–water partition coefficient (Wildman–Crippen LogP) is 2.04. The molecule has 0 spiro atoms. The van der Waals surface area contributed by atoms with Crippen molar-refractivity contribution in [3.05, 3.63) is 42.0 Å². The minimum absolute atomic E-state index is 0.102. The van der Waals surface area contributed by atoms with Crippen LogP contribution in [0.3, 0.4) is 0 Å². The van der Waals surface area contributed by atoms with Crippen LogP contribution in [-0.2, 0) is 11.3 Å². The zero-order valence-corrected chi connectivity index (χ0v) is 12.3. The van der Waals surface area contributed by atoms with Crippen molar-refractivity contribution in [2.75, 3.05) is 33.5 Å². The van der Waals surface area contributed by atoms with Gasteiger partial charge in [-0.05, 0) is 34.5 Å². The standard InChI is InChI=1S/C17H21NO3/c1-20-17-5-4-14-8-13(2-3-15(14)9-17)10-18-6-7-21-12-16(18)11-19/h2-5,8-9,16,19H,6-7,10-12H2,1H3. The highest BCUT2D eigenvalue weighted by molar-refractivity contribution is 5.84. The molecule has 3 rings (SSSR count). The van der Waals surface area contributed by atoms with Gasteiger partial charge in [0.1, 0.15) is 5.75 Å². The molecule has 4 heteroatoms. The van der Waals surface area contributed by atoms with Crippen LogP contribution in [0.1, 0.15) is 5.56 Å². The third-order valence-corrected chi connectivity index (χ3v) is 4.06. The van der Waals surface area contributed by atoms with Crippen molar-refractivity contribution in [3.63, 3.8) is 0 Å². The first-order valence-electron chi connectivity index (χ1n) is 7.29. The Bertz CT molecular complexity index is 614. The lowest BCUT2D eigenvalue weighted by Gasteiger charge is -2.34. The maximum absolute atomic E-state index is 9.43. The first kappa shape index (κ1) is 14.3. The lowest BCUT2D eigenvalue weighted by atomic mass is 10.1. The lowest BCUT2D eigenvalue weighted by molar-refractivity contribution is -0.0312. The Labute approximate surface area is 124 Å². The Balaban J connectivity index is 1.80. The Morgan fingerprint density at radius 2 is 2.05 bits per heavy atom. The zero-order chi connectivity index (χ0) is 14.7. The molecule has 1 saturated heterocycles. The summed E-state index contributed by atoms with van der Waals surface area (Å²) >= 11 is 0. The van der Waals surface area contributed by atoms with E-state index in [0.717, 1.165) is 25.4 Å². The van der Waals surface area contributed by atoms with E-state index in [1.54, 1.807) is 7.11 Å². The molecule has 1 N–H and O–H groups in total. The van der Waals surface area contributed by atoms with Gasteiger partial charge < -0.3 is 14.6 Å². The van der Waals surface area contributed by atoms with Crippen molar-refractivity contribution in [1.29, 1.82) is 0 Å². The average Bonchev–Trinajstić information content (AvgIpc) is 2.55. The van der Waals surface area contributed by atoms with E-state index in [2.05, 4.69) is 29.2 Å². The summed E-state index contributed by atoms with van der Waals surface area (Å²) in [5.74, 6) is 0.878. The highest BCUT2D eigenvalue weighted by atomic mass is 16.5. The fraction of sp³-hybridized carbons (Fsp3) is 0.412. The number of hydrogen-bond donors (Lipinski definition) is 1. The molecule has 0 saturated carbocycles. The van der Waals surface area contributed by atoms with Crippen molar-refractivity contribution >= 4 is 10.8 Å². The molecule has 0 aromatic heterocycles. The number of methoxy groups -OCH3 is 1. The van der Waals surface area contributed by atoms with Crippen molar-refractivity contribution < 1.29 is 14.6 Å². The number of fused-ring (bicyclic) bond motifs is 1. The Hall–Kier alpha value is -1.62. The molecule has 0 amide bonds. The third kappa shape index (κ3) is 3.18.